The van der Waals surface area contributed by atoms with Crippen LogP contribution in [0.5, 0.6) is 46.0 Å². The Kier molecular flexibility index (Phi) is 7.55. The largest absolute Gasteiger partial charge is 0.456 e. The molecule has 40 heavy (non-hydrogen) atoms. The smallest absolute Gasteiger partial charge is 0.149 e. The van der Waals surface area contributed by atoms with Crippen LogP contribution < -0.4 is 18.9 Å². The first-order valence-electron chi connectivity index (χ1n) is 12.1. The third-order valence-corrected chi connectivity index (χ3v) is 5.68. The van der Waals surface area contributed by atoms with E-state index in [0.29, 0.717) is 23.0 Å². The molecular weight excluding hydrogens is 502 g/mol. The molecule has 0 bridgehead atoms. The average Bonchev–Trinajstić information content (AvgIpc) is 2.99. The minimum atomic E-state index is 0.0824. The fraction of sp³-hybridized carbons (Fsp3) is 0. The maximum Gasteiger partial charge on any atom is 0.149 e. The lowest BCUT2D eigenvalue weighted by atomic mass is 10.1. The van der Waals surface area contributed by atoms with E-state index in [4.69, 9.17) is 18.9 Å². The van der Waals surface area contributed by atoms with Gasteiger partial charge in [0.2, 0.25) is 0 Å². The predicted molar refractivity (Wildman–Crippen MR) is 147 cm³/mol. The van der Waals surface area contributed by atoms with Crippen LogP contribution in [0.3, 0.4) is 0 Å². The Morgan fingerprint density at radius 2 is 0.600 bits per heavy atom. The summed E-state index contributed by atoms with van der Waals surface area (Å²) in [7, 11) is 0. The zero-order valence-electron chi connectivity index (χ0n) is 20.9. The van der Waals surface area contributed by atoms with Crippen molar-refractivity contribution in [3.63, 3.8) is 0 Å². The highest BCUT2D eigenvalue weighted by molar-refractivity contribution is 5.61. The van der Waals surface area contributed by atoms with Gasteiger partial charge in [0, 0.05) is 0 Å². The fourth-order valence-electron chi connectivity index (χ4n) is 3.84. The van der Waals surface area contributed by atoms with Gasteiger partial charge < -0.3 is 18.9 Å². The first-order chi connectivity index (χ1) is 19.7. The number of nitriles is 3. The zero-order chi connectivity index (χ0) is 27.7. The summed E-state index contributed by atoms with van der Waals surface area (Å²) in [5, 5.41) is 29.8. The molecule has 0 aliphatic rings. The molecule has 0 saturated heterocycles. The lowest BCUT2D eigenvalue weighted by Gasteiger charge is -2.15. The Morgan fingerprint density at radius 3 is 0.875 bits per heavy atom. The molecule has 0 spiro atoms. The van der Waals surface area contributed by atoms with Gasteiger partial charge in [0.15, 0.2) is 0 Å². The van der Waals surface area contributed by atoms with Crippen LogP contribution >= 0.6 is 0 Å². The SMILES string of the molecule is N#Cc1c(Oc2ccccc2)cccc1Oc1cccc(Oc2cccc(Oc3ccccc3)c2C#N)c1C#N. The summed E-state index contributed by atoms with van der Waals surface area (Å²) in [5.74, 6) is 2.51. The van der Waals surface area contributed by atoms with Crippen molar-refractivity contribution >= 4 is 0 Å². The van der Waals surface area contributed by atoms with Gasteiger partial charge in [0.25, 0.3) is 0 Å². The van der Waals surface area contributed by atoms with E-state index in [0.717, 1.165) is 0 Å². The van der Waals surface area contributed by atoms with Gasteiger partial charge in [-0.05, 0) is 60.7 Å². The van der Waals surface area contributed by atoms with Crippen LogP contribution in [0, 0.1) is 34.0 Å². The molecule has 0 fully saturated rings. The molecule has 0 radical (unpaired) electrons. The van der Waals surface area contributed by atoms with E-state index < -0.39 is 0 Å². The summed E-state index contributed by atoms with van der Waals surface area (Å²) in [6.07, 6.45) is 0. The third kappa shape index (κ3) is 5.53. The van der Waals surface area contributed by atoms with E-state index in [1.165, 1.54) is 0 Å². The fourth-order valence-corrected chi connectivity index (χ4v) is 3.84. The van der Waals surface area contributed by atoms with Crippen molar-refractivity contribution in [3.05, 3.63) is 132 Å². The van der Waals surface area contributed by atoms with Crippen molar-refractivity contribution in [2.45, 2.75) is 0 Å². The Balaban J connectivity index is 1.45. The quantitative estimate of drug-likeness (QED) is 0.201. The minimum Gasteiger partial charge on any atom is -0.456 e. The molecule has 0 atom stereocenters. The minimum absolute atomic E-state index is 0.0824. The number of rotatable bonds is 8. The third-order valence-electron chi connectivity index (χ3n) is 5.68. The number of benzene rings is 5. The molecule has 0 aliphatic heterocycles. The van der Waals surface area contributed by atoms with Crippen molar-refractivity contribution in [1.29, 1.82) is 15.8 Å². The van der Waals surface area contributed by atoms with E-state index in [9.17, 15) is 15.8 Å². The van der Waals surface area contributed by atoms with Crippen LogP contribution in [0.15, 0.2) is 115 Å². The highest BCUT2D eigenvalue weighted by Gasteiger charge is 2.19. The first kappa shape index (κ1) is 25.4. The van der Waals surface area contributed by atoms with Crippen molar-refractivity contribution < 1.29 is 18.9 Å². The van der Waals surface area contributed by atoms with Gasteiger partial charge >= 0.3 is 0 Å². The van der Waals surface area contributed by atoms with Crippen LogP contribution in [-0.2, 0) is 0 Å². The molecule has 5 rings (SSSR count). The summed E-state index contributed by atoms with van der Waals surface area (Å²) in [4.78, 5) is 0. The van der Waals surface area contributed by atoms with Gasteiger partial charge in [-0.2, -0.15) is 15.8 Å². The maximum absolute atomic E-state index is 10.0. The summed E-state index contributed by atoms with van der Waals surface area (Å²) in [5.41, 5.74) is 0.414. The van der Waals surface area contributed by atoms with Gasteiger partial charge in [-0.1, -0.05) is 54.6 Å². The highest BCUT2D eigenvalue weighted by atomic mass is 16.5. The number of hydrogen-bond donors (Lipinski definition) is 0. The zero-order valence-corrected chi connectivity index (χ0v) is 20.9. The topological polar surface area (TPSA) is 108 Å². The summed E-state index contributed by atoms with van der Waals surface area (Å²) < 4.78 is 23.9. The van der Waals surface area contributed by atoms with Crippen LogP contribution in [-0.4, -0.2) is 0 Å². The normalized spacial score (nSPS) is 9.93. The van der Waals surface area contributed by atoms with Crippen LogP contribution in [0.4, 0.5) is 0 Å². The van der Waals surface area contributed by atoms with Crippen LogP contribution in [0.25, 0.3) is 0 Å². The van der Waals surface area contributed by atoms with Crippen molar-refractivity contribution in [1.82, 2.24) is 0 Å². The Hall–Kier alpha value is -6.23. The Bertz CT molecular complexity index is 1660. The second-order valence-corrected chi connectivity index (χ2v) is 8.26. The van der Waals surface area contributed by atoms with Crippen LogP contribution in [0.1, 0.15) is 16.7 Å². The molecule has 0 aromatic heterocycles. The molecule has 7 nitrogen and oxygen atoms in total. The molecule has 0 N–H and O–H groups in total. The van der Waals surface area contributed by atoms with Gasteiger partial charge in [-0.3, -0.25) is 0 Å². The molecule has 7 heteroatoms. The monoisotopic (exact) mass is 521 g/mol. The average molecular weight is 522 g/mol. The van der Waals surface area contributed by atoms with E-state index in [1.807, 2.05) is 36.4 Å². The maximum atomic E-state index is 10.0. The van der Waals surface area contributed by atoms with Crippen molar-refractivity contribution in [2.24, 2.45) is 0 Å². The lowest BCUT2D eigenvalue weighted by molar-refractivity contribution is 0.443. The Morgan fingerprint density at radius 1 is 0.325 bits per heavy atom. The molecular formula is C33H19N3O4. The lowest BCUT2D eigenvalue weighted by Crippen LogP contribution is -1.97. The standard InChI is InChI=1S/C33H19N3O4/c34-20-25-28(37-23-10-3-1-4-11-23)14-7-16-30(25)39-32-18-9-19-33(27(32)22-36)40-31-17-8-15-29(26(31)21-35)38-24-12-5-2-6-13-24/h1-19H. The number of para-hydroxylation sites is 2. The summed E-state index contributed by atoms with van der Waals surface area (Å²) in [6, 6.07) is 39.3. The molecule has 0 amide bonds. The van der Waals surface area contributed by atoms with E-state index in [2.05, 4.69) is 18.2 Å². The molecule has 190 valence electrons. The molecule has 0 saturated carbocycles. The highest BCUT2D eigenvalue weighted by Crippen LogP contribution is 2.40. The van der Waals surface area contributed by atoms with Crippen LogP contribution in [0.2, 0.25) is 0 Å². The van der Waals surface area contributed by atoms with Gasteiger partial charge in [-0.25, -0.2) is 0 Å². The van der Waals surface area contributed by atoms with Gasteiger partial charge in [0.1, 0.15) is 80.9 Å². The molecule has 0 aliphatic carbocycles. The first-order valence-corrected chi connectivity index (χ1v) is 12.1. The Labute approximate surface area is 230 Å². The number of ether oxygens (including phenoxy) is 4. The van der Waals surface area contributed by atoms with E-state index in [1.54, 1.807) is 78.9 Å². The molecule has 5 aromatic carbocycles. The number of hydrogen-bond acceptors (Lipinski definition) is 7. The molecule has 5 aromatic rings. The predicted octanol–water partition coefficient (Wildman–Crippen LogP) is 8.47. The van der Waals surface area contributed by atoms with Crippen molar-refractivity contribution in [2.75, 3.05) is 0 Å². The second-order valence-electron chi connectivity index (χ2n) is 8.26. The molecule has 0 unspecified atom stereocenters. The van der Waals surface area contributed by atoms with Crippen molar-refractivity contribution in [3.8, 4) is 64.2 Å². The van der Waals surface area contributed by atoms with E-state index >= 15 is 0 Å². The number of nitrogens with zero attached hydrogens (tertiary/aromatic N) is 3. The summed E-state index contributed by atoms with van der Waals surface area (Å²) >= 11 is 0. The second kappa shape index (κ2) is 11.9. The van der Waals surface area contributed by atoms with Gasteiger partial charge in [-0.15, -0.1) is 0 Å². The van der Waals surface area contributed by atoms with Gasteiger partial charge in [0.05, 0.1) is 0 Å². The molecule has 0 heterocycles. The summed E-state index contributed by atoms with van der Waals surface area (Å²) in [6.45, 7) is 0. The van der Waals surface area contributed by atoms with E-state index in [-0.39, 0.29) is 39.7 Å².